The lowest BCUT2D eigenvalue weighted by atomic mass is 9.97. The van der Waals surface area contributed by atoms with E-state index in [0.29, 0.717) is 6.42 Å². The van der Waals surface area contributed by atoms with Gasteiger partial charge in [0, 0.05) is 5.92 Å². The summed E-state index contributed by atoms with van der Waals surface area (Å²) in [5.41, 5.74) is 0.853. The lowest BCUT2D eigenvalue weighted by molar-refractivity contribution is 0.0895. The number of ether oxygens (including phenoxy) is 1. The summed E-state index contributed by atoms with van der Waals surface area (Å²) in [5.74, 6) is -0.220. The molecule has 0 aliphatic carbocycles. The predicted molar refractivity (Wildman–Crippen MR) is 87.7 cm³/mol. The van der Waals surface area contributed by atoms with E-state index in [4.69, 9.17) is 4.74 Å². The van der Waals surface area contributed by atoms with Crippen LogP contribution in [0.2, 0.25) is 0 Å². The third-order valence-electron chi connectivity index (χ3n) is 4.23. The first-order chi connectivity index (χ1) is 11.0. The van der Waals surface area contributed by atoms with Crippen molar-refractivity contribution < 1.29 is 18.3 Å². The maximum Gasteiger partial charge on any atom is 0.207 e. The molecule has 0 radical (unpaired) electrons. The second-order valence-corrected chi connectivity index (χ2v) is 8.03. The van der Waals surface area contributed by atoms with Crippen LogP contribution in [0.3, 0.4) is 0 Å². The van der Waals surface area contributed by atoms with Crippen molar-refractivity contribution >= 4 is 9.84 Å². The summed E-state index contributed by atoms with van der Waals surface area (Å²) in [6.07, 6.45) is -0.427. The lowest BCUT2D eigenvalue weighted by Crippen LogP contribution is -2.34. The monoisotopic (exact) mass is 332 g/mol. The zero-order chi connectivity index (χ0) is 16.4. The van der Waals surface area contributed by atoms with Crippen LogP contribution < -0.4 is 0 Å². The Kier molecular flexibility index (Phi) is 4.53. The van der Waals surface area contributed by atoms with Crippen LogP contribution in [0.15, 0.2) is 59.5 Å². The first kappa shape index (κ1) is 16.2. The number of benzene rings is 2. The largest absolute Gasteiger partial charge is 0.389 e. The average Bonchev–Trinajstić information content (AvgIpc) is 2.90. The van der Waals surface area contributed by atoms with Crippen LogP contribution in [-0.4, -0.2) is 31.7 Å². The van der Waals surface area contributed by atoms with Gasteiger partial charge in [0.1, 0.15) is 6.10 Å². The van der Waals surface area contributed by atoms with Crippen molar-refractivity contribution in [1.29, 1.82) is 0 Å². The molecule has 0 unspecified atom stereocenters. The van der Waals surface area contributed by atoms with Gasteiger partial charge in [0.2, 0.25) is 9.84 Å². The minimum atomic E-state index is -3.70. The fourth-order valence-corrected chi connectivity index (χ4v) is 4.50. The van der Waals surface area contributed by atoms with E-state index in [1.54, 1.807) is 24.3 Å². The first-order valence-electron chi connectivity index (χ1n) is 7.62. The molecule has 2 aromatic carbocycles. The van der Waals surface area contributed by atoms with E-state index < -0.39 is 21.4 Å². The van der Waals surface area contributed by atoms with Crippen LogP contribution in [0, 0.1) is 12.8 Å². The van der Waals surface area contributed by atoms with Crippen LogP contribution in [0.5, 0.6) is 0 Å². The van der Waals surface area contributed by atoms with E-state index >= 15 is 0 Å². The molecule has 1 heterocycles. The van der Waals surface area contributed by atoms with E-state index in [9.17, 15) is 13.5 Å². The number of aliphatic hydroxyl groups excluding tert-OH is 1. The van der Waals surface area contributed by atoms with Crippen molar-refractivity contribution in [3.63, 3.8) is 0 Å². The molecule has 5 heteroatoms. The minimum absolute atomic E-state index is 0.188. The maximum atomic E-state index is 12.7. The highest BCUT2D eigenvalue weighted by atomic mass is 32.2. The maximum absolute atomic E-state index is 12.7. The van der Waals surface area contributed by atoms with Gasteiger partial charge >= 0.3 is 0 Å². The van der Waals surface area contributed by atoms with Gasteiger partial charge < -0.3 is 9.84 Å². The molecule has 2 aromatic rings. The van der Waals surface area contributed by atoms with Crippen molar-refractivity contribution in [3.8, 4) is 0 Å². The highest BCUT2D eigenvalue weighted by molar-refractivity contribution is 7.92. The molecule has 3 rings (SSSR count). The standard InChI is InChI=1S/C18H20O4S/c1-13-7-9-16(10-8-13)23(20,21)18-17(19)15(12-22-18)11-14-5-3-2-4-6-14/h2-10,15,17-19H,11-12H2,1H3/t15-,17-,18+/m1/s1. The van der Waals surface area contributed by atoms with Gasteiger partial charge in [0.15, 0.2) is 5.44 Å². The highest BCUT2D eigenvalue weighted by Gasteiger charge is 2.44. The minimum Gasteiger partial charge on any atom is -0.389 e. The lowest BCUT2D eigenvalue weighted by Gasteiger charge is -2.18. The average molecular weight is 332 g/mol. The number of rotatable bonds is 4. The number of hydrogen-bond donors (Lipinski definition) is 1. The normalized spacial score (nSPS) is 24.7. The molecule has 0 spiro atoms. The molecule has 0 aromatic heterocycles. The molecule has 0 saturated carbocycles. The molecular weight excluding hydrogens is 312 g/mol. The van der Waals surface area contributed by atoms with Crippen LogP contribution in [0.25, 0.3) is 0 Å². The Morgan fingerprint density at radius 3 is 2.39 bits per heavy atom. The van der Waals surface area contributed by atoms with Crippen LogP contribution in [0.1, 0.15) is 11.1 Å². The topological polar surface area (TPSA) is 63.6 Å². The van der Waals surface area contributed by atoms with Crippen molar-refractivity contribution in [2.75, 3.05) is 6.61 Å². The molecule has 0 bridgehead atoms. The van der Waals surface area contributed by atoms with Crippen molar-refractivity contribution in [3.05, 3.63) is 65.7 Å². The van der Waals surface area contributed by atoms with Crippen molar-refractivity contribution in [2.45, 2.75) is 29.8 Å². The number of sulfone groups is 1. The van der Waals surface area contributed by atoms with Crippen LogP contribution in [0.4, 0.5) is 0 Å². The summed E-state index contributed by atoms with van der Waals surface area (Å²) in [6.45, 7) is 2.14. The van der Waals surface area contributed by atoms with E-state index in [1.165, 1.54) is 0 Å². The third kappa shape index (κ3) is 3.32. The van der Waals surface area contributed by atoms with E-state index in [-0.39, 0.29) is 17.4 Å². The van der Waals surface area contributed by atoms with Gasteiger partial charge in [0.25, 0.3) is 0 Å². The molecule has 4 nitrogen and oxygen atoms in total. The molecule has 122 valence electrons. The van der Waals surface area contributed by atoms with E-state index in [1.807, 2.05) is 37.3 Å². The van der Waals surface area contributed by atoms with Gasteiger partial charge in [-0.15, -0.1) is 0 Å². The zero-order valence-electron chi connectivity index (χ0n) is 12.9. The SMILES string of the molecule is Cc1ccc(S(=O)(=O)[C@@H]2OC[C@@H](Cc3ccccc3)[C@H]2O)cc1. The van der Waals surface area contributed by atoms with E-state index in [0.717, 1.165) is 11.1 Å². The Hall–Kier alpha value is -1.69. The quantitative estimate of drug-likeness (QED) is 0.933. The molecule has 23 heavy (non-hydrogen) atoms. The summed E-state index contributed by atoms with van der Waals surface area (Å²) < 4.78 is 30.8. The Balaban J connectivity index is 1.78. The molecule has 0 amide bonds. The highest BCUT2D eigenvalue weighted by Crippen LogP contribution is 2.31. The summed E-state index contributed by atoms with van der Waals surface area (Å²) >= 11 is 0. The Bertz CT molecular complexity index is 753. The molecule has 1 saturated heterocycles. The van der Waals surface area contributed by atoms with Crippen molar-refractivity contribution in [1.82, 2.24) is 0 Å². The zero-order valence-corrected chi connectivity index (χ0v) is 13.7. The molecule has 3 atom stereocenters. The molecule has 1 aliphatic heterocycles. The van der Waals surface area contributed by atoms with Crippen LogP contribution in [-0.2, 0) is 21.0 Å². The second kappa shape index (κ2) is 6.43. The second-order valence-electron chi connectivity index (χ2n) is 6.00. The van der Waals surface area contributed by atoms with Crippen molar-refractivity contribution in [2.24, 2.45) is 5.92 Å². The van der Waals surface area contributed by atoms with Gasteiger partial charge in [-0.1, -0.05) is 48.0 Å². The molecule has 1 fully saturated rings. The first-order valence-corrected chi connectivity index (χ1v) is 9.17. The summed E-state index contributed by atoms with van der Waals surface area (Å²) in [4.78, 5) is 0.188. The van der Waals surface area contributed by atoms with Gasteiger partial charge in [-0.05, 0) is 31.0 Å². The number of hydrogen-bond acceptors (Lipinski definition) is 4. The van der Waals surface area contributed by atoms with Gasteiger partial charge in [-0.25, -0.2) is 8.42 Å². The van der Waals surface area contributed by atoms with Gasteiger partial charge in [-0.2, -0.15) is 0 Å². The Labute approximate surface area is 136 Å². The van der Waals surface area contributed by atoms with E-state index in [2.05, 4.69) is 0 Å². The molecular formula is C18H20O4S. The molecule has 1 N–H and O–H groups in total. The fraction of sp³-hybridized carbons (Fsp3) is 0.333. The third-order valence-corrected chi connectivity index (χ3v) is 6.19. The smallest absolute Gasteiger partial charge is 0.207 e. The Morgan fingerprint density at radius 1 is 1.09 bits per heavy atom. The van der Waals surface area contributed by atoms with Gasteiger partial charge in [0.05, 0.1) is 11.5 Å². The number of aryl methyl sites for hydroxylation is 1. The van der Waals surface area contributed by atoms with Crippen LogP contribution >= 0.6 is 0 Å². The summed E-state index contributed by atoms with van der Waals surface area (Å²) in [7, 11) is -3.70. The summed E-state index contributed by atoms with van der Waals surface area (Å²) in [6, 6.07) is 16.3. The van der Waals surface area contributed by atoms with Gasteiger partial charge in [-0.3, -0.25) is 0 Å². The predicted octanol–water partition coefficient (Wildman–Crippen LogP) is 2.34. The molecule has 1 aliphatic rings. The Morgan fingerprint density at radius 2 is 1.74 bits per heavy atom. The number of aliphatic hydroxyl groups is 1. The fourth-order valence-electron chi connectivity index (χ4n) is 2.87. The summed E-state index contributed by atoms with van der Waals surface area (Å²) in [5, 5.41) is 10.5.